The van der Waals surface area contributed by atoms with E-state index in [4.69, 9.17) is 5.14 Å². The Morgan fingerprint density at radius 1 is 1.35 bits per heavy atom. The molecule has 1 saturated heterocycles. The van der Waals surface area contributed by atoms with E-state index in [1.165, 1.54) is 6.07 Å². The minimum Gasteiger partial charge on any atom is -0.337 e. The van der Waals surface area contributed by atoms with Crippen molar-refractivity contribution in [3.63, 3.8) is 0 Å². The van der Waals surface area contributed by atoms with Crippen molar-refractivity contribution in [3.8, 4) is 0 Å². The second-order valence-electron chi connectivity index (χ2n) is 6.43. The van der Waals surface area contributed by atoms with Crippen molar-refractivity contribution >= 4 is 15.9 Å². The molecule has 1 fully saturated rings. The molecule has 1 aromatic carbocycles. The number of hydrogen-bond donors (Lipinski definition) is 1. The van der Waals surface area contributed by atoms with Gasteiger partial charge in [-0.25, -0.2) is 13.6 Å². The average Bonchev–Trinajstić information content (AvgIpc) is 2.89. The van der Waals surface area contributed by atoms with E-state index in [-0.39, 0.29) is 10.8 Å². The minimum atomic E-state index is -3.76. The Morgan fingerprint density at radius 3 is 2.43 bits per heavy atom. The number of aryl methyl sites for hydroxylation is 1. The van der Waals surface area contributed by atoms with E-state index < -0.39 is 10.0 Å². The number of nitrogens with zero attached hydrogens (tertiary/aromatic N) is 2. The van der Waals surface area contributed by atoms with E-state index in [1.54, 1.807) is 19.1 Å². The summed E-state index contributed by atoms with van der Waals surface area (Å²) in [5, 5.41) is 5.16. The summed E-state index contributed by atoms with van der Waals surface area (Å²) in [6.45, 7) is 5.21. The van der Waals surface area contributed by atoms with Crippen molar-refractivity contribution in [2.24, 2.45) is 11.1 Å². The average molecular weight is 339 g/mol. The molecule has 23 heavy (non-hydrogen) atoms. The largest absolute Gasteiger partial charge is 0.337 e. The molecule has 0 bridgehead atoms. The van der Waals surface area contributed by atoms with Gasteiger partial charge in [0.15, 0.2) is 0 Å². The van der Waals surface area contributed by atoms with Gasteiger partial charge in [-0.3, -0.25) is 4.79 Å². The van der Waals surface area contributed by atoms with Gasteiger partial charge in [0.05, 0.1) is 4.90 Å². The summed E-state index contributed by atoms with van der Waals surface area (Å²) in [5.41, 5.74) is 0.998. The maximum absolute atomic E-state index is 12.7. The van der Waals surface area contributed by atoms with Gasteiger partial charge in [-0.2, -0.15) is 0 Å². The van der Waals surface area contributed by atoms with Crippen molar-refractivity contribution in [2.75, 3.05) is 27.2 Å². The first-order valence-electron chi connectivity index (χ1n) is 7.74. The zero-order valence-electron chi connectivity index (χ0n) is 14.1. The smallest absolute Gasteiger partial charge is 0.253 e. The number of carbonyl (C=O) groups excluding carboxylic acids is 1. The molecule has 1 heterocycles. The number of carbonyl (C=O) groups is 1. The van der Waals surface area contributed by atoms with Crippen LogP contribution >= 0.6 is 0 Å². The van der Waals surface area contributed by atoms with Crippen LogP contribution in [0.15, 0.2) is 23.1 Å². The third-order valence-electron chi connectivity index (χ3n) is 4.61. The van der Waals surface area contributed by atoms with Crippen molar-refractivity contribution in [1.29, 1.82) is 0 Å². The van der Waals surface area contributed by atoms with Crippen molar-refractivity contribution < 1.29 is 13.2 Å². The quantitative estimate of drug-likeness (QED) is 0.889. The molecule has 7 heteroatoms. The van der Waals surface area contributed by atoms with Crippen LogP contribution in [0.2, 0.25) is 0 Å². The SMILES string of the molecule is CC[C@@H]1CN(C(=O)c2ccc(S(N)(=O)=O)c(C)c2)C[C@H]1N(C)C. The highest BCUT2D eigenvalue weighted by atomic mass is 32.2. The lowest BCUT2D eigenvalue weighted by Gasteiger charge is -2.23. The van der Waals surface area contributed by atoms with Crippen molar-refractivity contribution in [3.05, 3.63) is 29.3 Å². The van der Waals surface area contributed by atoms with E-state index in [9.17, 15) is 13.2 Å². The molecule has 1 aromatic rings. The molecule has 2 N–H and O–H groups in total. The molecule has 0 aliphatic carbocycles. The fourth-order valence-electron chi connectivity index (χ4n) is 3.29. The van der Waals surface area contributed by atoms with Gasteiger partial charge < -0.3 is 9.80 Å². The van der Waals surface area contributed by atoms with Gasteiger partial charge in [-0.15, -0.1) is 0 Å². The van der Waals surface area contributed by atoms with Gasteiger partial charge in [0, 0.05) is 24.7 Å². The first kappa shape index (κ1) is 17.9. The molecule has 128 valence electrons. The summed E-state index contributed by atoms with van der Waals surface area (Å²) >= 11 is 0. The predicted octanol–water partition coefficient (Wildman–Crippen LogP) is 1.05. The predicted molar refractivity (Wildman–Crippen MR) is 89.7 cm³/mol. The zero-order chi connectivity index (χ0) is 17.4. The third-order valence-corrected chi connectivity index (χ3v) is 5.68. The molecule has 1 amide bonds. The second-order valence-corrected chi connectivity index (χ2v) is 7.96. The van der Waals surface area contributed by atoms with Gasteiger partial charge >= 0.3 is 0 Å². The van der Waals surface area contributed by atoms with Gasteiger partial charge in [0.2, 0.25) is 10.0 Å². The fraction of sp³-hybridized carbons (Fsp3) is 0.562. The Morgan fingerprint density at radius 2 is 2.00 bits per heavy atom. The van der Waals surface area contributed by atoms with E-state index >= 15 is 0 Å². The number of likely N-dealkylation sites (N-methyl/N-ethyl adjacent to an activating group) is 1. The zero-order valence-corrected chi connectivity index (χ0v) is 14.9. The van der Waals surface area contributed by atoms with Crippen LogP contribution in [0.5, 0.6) is 0 Å². The summed E-state index contributed by atoms with van der Waals surface area (Å²) in [4.78, 5) is 16.8. The number of rotatable bonds is 4. The molecule has 2 atom stereocenters. The highest BCUT2D eigenvalue weighted by Crippen LogP contribution is 2.25. The second kappa shape index (κ2) is 6.59. The molecule has 0 aromatic heterocycles. The third kappa shape index (κ3) is 3.73. The monoisotopic (exact) mass is 339 g/mol. The lowest BCUT2D eigenvalue weighted by molar-refractivity contribution is 0.0781. The van der Waals surface area contributed by atoms with Crippen LogP contribution in [-0.2, 0) is 10.0 Å². The molecule has 1 aliphatic heterocycles. The number of nitrogens with two attached hydrogens (primary N) is 1. The van der Waals surface area contributed by atoms with Gasteiger partial charge in [-0.1, -0.05) is 13.3 Å². The first-order valence-corrected chi connectivity index (χ1v) is 9.29. The molecule has 0 spiro atoms. The number of sulfonamides is 1. The molecule has 0 radical (unpaired) electrons. The molecular formula is C16H25N3O3S. The molecule has 2 rings (SSSR count). The van der Waals surface area contributed by atoms with Crippen LogP contribution in [0.1, 0.15) is 29.3 Å². The number of amides is 1. The minimum absolute atomic E-state index is 0.0585. The first-order chi connectivity index (χ1) is 10.6. The van der Waals surface area contributed by atoms with E-state index in [0.717, 1.165) is 13.0 Å². The number of benzene rings is 1. The van der Waals surface area contributed by atoms with Crippen LogP contribution in [0, 0.1) is 12.8 Å². The van der Waals surface area contributed by atoms with Gasteiger partial charge in [-0.05, 0) is 50.7 Å². The Kier molecular flexibility index (Phi) is 5.13. The summed E-state index contributed by atoms with van der Waals surface area (Å²) in [7, 11) is 0.309. The number of likely N-dealkylation sites (tertiary alicyclic amines) is 1. The topological polar surface area (TPSA) is 83.7 Å². The highest BCUT2D eigenvalue weighted by Gasteiger charge is 2.35. The van der Waals surface area contributed by atoms with Gasteiger partial charge in [0.25, 0.3) is 5.91 Å². The van der Waals surface area contributed by atoms with Crippen LogP contribution in [0.4, 0.5) is 0 Å². The van der Waals surface area contributed by atoms with E-state index in [0.29, 0.717) is 29.6 Å². The summed E-state index contributed by atoms with van der Waals surface area (Å²) in [6.07, 6.45) is 1.02. The molecular weight excluding hydrogens is 314 g/mol. The lowest BCUT2D eigenvalue weighted by Crippen LogP contribution is -2.36. The van der Waals surface area contributed by atoms with Crippen LogP contribution < -0.4 is 5.14 Å². The Labute approximate surface area is 138 Å². The van der Waals surface area contributed by atoms with Gasteiger partial charge in [0.1, 0.15) is 0 Å². The summed E-state index contributed by atoms with van der Waals surface area (Å²) in [6, 6.07) is 4.91. The highest BCUT2D eigenvalue weighted by molar-refractivity contribution is 7.89. The molecule has 1 aliphatic rings. The Bertz CT molecular complexity index is 701. The number of primary sulfonamides is 1. The maximum Gasteiger partial charge on any atom is 0.253 e. The fourth-order valence-corrected chi connectivity index (χ4v) is 4.06. The van der Waals surface area contributed by atoms with Crippen LogP contribution in [0.3, 0.4) is 0 Å². The standard InChI is InChI=1S/C16H25N3O3S/c1-5-12-9-19(10-14(12)18(3)4)16(20)13-6-7-15(11(2)8-13)23(17,21)22/h6-8,12,14H,5,9-10H2,1-4H3,(H2,17,21,22)/t12-,14-/m1/s1. The lowest BCUT2D eigenvalue weighted by atomic mass is 10.0. The van der Waals surface area contributed by atoms with Crippen LogP contribution in [-0.4, -0.2) is 57.4 Å². The summed E-state index contributed by atoms with van der Waals surface area (Å²) < 4.78 is 22.9. The maximum atomic E-state index is 12.7. The van der Waals surface area contributed by atoms with Crippen molar-refractivity contribution in [1.82, 2.24) is 9.80 Å². The van der Waals surface area contributed by atoms with E-state index in [1.807, 2.05) is 19.0 Å². The molecule has 6 nitrogen and oxygen atoms in total. The van der Waals surface area contributed by atoms with Crippen LogP contribution in [0.25, 0.3) is 0 Å². The summed E-state index contributed by atoms with van der Waals surface area (Å²) in [5.74, 6) is 0.399. The Balaban J connectivity index is 2.23. The Hall–Kier alpha value is -1.44. The number of hydrogen-bond acceptors (Lipinski definition) is 4. The molecule has 0 unspecified atom stereocenters. The van der Waals surface area contributed by atoms with Crippen molar-refractivity contribution in [2.45, 2.75) is 31.2 Å². The molecule has 0 saturated carbocycles. The normalized spacial score (nSPS) is 21.9. The van der Waals surface area contributed by atoms with E-state index in [2.05, 4.69) is 11.8 Å².